The van der Waals surface area contributed by atoms with E-state index in [1.54, 1.807) is 12.0 Å². The molecule has 2 N–H and O–H groups in total. The van der Waals surface area contributed by atoms with Gasteiger partial charge in [0.25, 0.3) is 0 Å². The Balaban J connectivity index is 2.51. The van der Waals surface area contributed by atoms with Crippen molar-refractivity contribution in [2.75, 3.05) is 46.4 Å². The summed E-state index contributed by atoms with van der Waals surface area (Å²) in [5.41, 5.74) is 5.56. The molecule has 1 aliphatic heterocycles. The summed E-state index contributed by atoms with van der Waals surface area (Å²) in [7, 11) is 1.61. The Labute approximate surface area is 146 Å². The number of piperidine rings is 1. The van der Waals surface area contributed by atoms with Gasteiger partial charge < -0.3 is 25.0 Å². The van der Waals surface area contributed by atoms with Gasteiger partial charge in [-0.05, 0) is 39.5 Å². The molecule has 0 bridgehead atoms. The number of rotatable bonds is 6. The van der Waals surface area contributed by atoms with Crippen LogP contribution < -0.4 is 5.73 Å². The highest BCUT2D eigenvalue weighted by atomic mass is 16.6. The monoisotopic (exact) mass is 342 g/mol. The molecule has 0 aromatic carbocycles. The van der Waals surface area contributed by atoms with E-state index in [9.17, 15) is 4.79 Å². The summed E-state index contributed by atoms with van der Waals surface area (Å²) in [5.74, 6) is 1.32. The number of carbonyl (C=O) groups is 1. The second-order valence-corrected chi connectivity index (χ2v) is 7.37. The van der Waals surface area contributed by atoms with Crippen molar-refractivity contribution in [3.63, 3.8) is 0 Å². The summed E-state index contributed by atoms with van der Waals surface area (Å²) in [5, 5.41) is 0. The van der Waals surface area contributed by atoms with Crippen LogP contribution >= 0.6 is 0 Å². The Morgan fingerprint density at radius 1 is 1.29 bits per heavy atom. The second kappa shape index (κ2) is 9.71. The third-order valence-corrected chi connectivity index (χ3v) is 3.97. The maximum absolute atomic E-state index is 12.2. The van der Waals surface area contributed by atoms with Gasteiger partial charge in [0.05, 0.1) is 13.2 Å². The van der Waals surface area contributed by atoms with E-state index in [2.05, 4.69) is 16.8 Å². The number of nitrogens with two attached hydrogens (primary N) is 1. The summed E-state index contributed by atoms with van der Waals surface area (Å²) in [6.45, 7) is 11.6. The molecule has 1 fully saturated rings. The number of likely N-dealkylation sites (tertiary alicyclic amines) is 1. The first-order valence-corrected chi connectivity index (χ1v) is 8.74. The molecule has 24 heavy (non-hydrogen) atoms. The van der Waals surface area contributed by atoms with Crippen molar-refractivity contribution in [1.29, 1.82) is 0 Å². The molecule has 0 spiro atoms. The number of guanidine groups is 1. The molecular formula is C17H34N4O3. The Kier molecular flexibility index (Phi) is 8.31. The quantitative estimate of drug-likeness (QED) is 0.589. The molecule has 1 heterocycles. The van der Waals surface area contributed by atoms with Crippen molar-refractivity contribution in [2.45, 2.75) is 46.1 Å². The number of amides is 1. The highest BCUT2D eigenvalue weighted by Gasteiger charge is 2.22. The average Bonchev–Trinajstić information content (AvgIpc) is 2.49. The fourth-order valence-corrected chi connectivity index (χ4v) is 2.45. The zero-order valence-electron chi connectivity index (χ0n) is 15.9. The first-order valence-electron chi connectivity index (χ1n) is 8.74. The Morgan fingerprint density at radius 3 is 2.46 bits per heavy atom. The third-order valence-electron chi connectivity index (χ3n) is 3.97. The van der Waals surface area contributed by atoms with Crippen LogP contribution in [0.2, 0.25) is 0 Å². The van der Waals surface area contributed by atoms with Gasteiger partial charge in [-0.3, -0.25) is 4.99 Å². The molecular weight excluding hydrogens is 308 g/mol. The van der Waals surface area contributed by atoms with E-state index < -0.39 is 5.60 Å². The van der Waals surface area contributed by atoms with E-state index >= 15 is 0 Å². The van der Waals surface area contributed by atoms with Crippen LogP contribution in [0.15, 0.2) is 4.99 Å². The number of nitrogens with zero attached hydrogens (tertiary/aromatic N) is 3. The van der Waals surface area contributed by atoms with Crippen molar-refractivity contribution in [1.82, 2.24) is 9.80 Å². The number of hydrogen-bond donors (Lipinski definition) is 1. The van der Waals surface area contributed by atoms with Crippen LogP contribution in [0.5, 0.6) is 0 Å². The summed E-state index contributed by atoms with van der Waals surface area (Å²) in [6.07, 6.45) is 1.95. The molecule has 0 atom stereocenters. The predicted octanol–water partition coefficient (Wildman–Crippen LogP) is 1.92. The minimum absolute atomic E-state index is 0.347. The number of methoxy groups -OCH3 is 1. The van der Waals surface area contributed by atoms with Gasteiger partial charge in [0.1, 0.15) is 5.60 Å². The smallest absolute Gasteiger partial charge is 0.410 e. The zero-order chi connectivity index (χ0) is 18.2. The molecule has 0 unspecified atom stereocenters. The lowest BCUT2D eigenvalue weighted by atomic mass is 10.00. The van der Waals surface area contributed by atoms with E-state index in [1.165, 1.54) is 0 Å². The van der Waals surface area contributed by atoms with Crippen molar-refractivity contribution in [2.24, 2.45) is 16.6 Å². The molecule has 140 valence electrons. The molecule has 0 aromatic rings. The second-order valence-electron chi connectivity index (χ2n) is 7.37. The van der Waals surface area contributed by atoms with Crippen molar-refractivity contribution in [3.05, 3.63) is 0 Å². The lowest BCUT2D eigenvalue weighted by Gasteiger charge is -2.31. The first-order chi connectivity index (χ1) is 11.2. The van der Waals surface area contributed by atoms with Gasteiger partial charge in [-0.1, -0.05) is 6.92 Å². The molecule has 1 rings (SSSR count). The van der Waals surface area contributed by atoms with Gasteiger partial charge in [-0.15, -0.1) is 0 Å². The lowest BCUT2D eigenvalue weighted by Crippen LogP contribution is -2.43. The van der Waals surface area contributed by atoms with Gasteiger partial charge in [0.15, 0.2) is 5.96 Å². The maximum Gasteiger partial charge on any atom is 0.410 e. The molecule has 0 aliphatic carbocycles. The summed E-state index contributed by atoms with van der Waals surface area (Å²) >= 11 is 0. The molecule has 0 radical (unpaired) electrons. The van der Waals surface area contributed by atoms with Crippen LogP contribution in [0.1, 0.15) is 40.5 Å². The normalized spacial score (nSPS) is 17.0. The SMILES string of the molecule is COCCN(CCN=C(N)N1CCC(C)CC1)C(=O)OC(C)(C)C. The lowest BCUT2D eigenvalue weighted by molar-refractivity contribution is 0.0208. The Morgan fingerprint density at radius 2 is 1.92 bits per heavy atom. The van der Waals surface area contributed by atoms with Crippen molar-refractivity contribution in [3.8, 4) is 0 Å². The Hall–Kier alpha value is -1.50. The Bertz CT molecular complexity index is 413. The summed E-state index contributed by atoms with van der Waals surface area (Å²) < 4.78 is 10.5. The standard InChI is InChI=1S/C17H34N4O3/c1-14-6-9-20(10-7-14)15(18)19-8-11-21(12-13-23-5)16(22)24-17(2,3)4/h14H,6-13H2,1-5H3,(H2,18,19). The molecule has 1 amide bonds. The summed E-state index contributed by atoms with van der Waals surface area (Å²) in [4.78, 5) is 20.4. The van der Waals surface area contributed by atoms with E-state index in [0.717, 1.165) is 31.8 Å². The van der Waals surface area contributed by atoms with Crippen LogP contribution in [-0.2, 0) is 9.47 Å². The molecule has 7 nitrogen and oxygen atoms in total. The number of hydrogen-bond acceptors (Lipinski definition) is 4. The van der Waals surface area contributed by atoms with Crippen molar-refractivity contribution < 1.29 is 14.3 Å². The molecule has 1 aliphatic rings. The fourth-order valence-electron chi connectivity index (χ4n) is 2.45. The highest BCUT2D eigenvalue weighted by molar-refractivity contribution is 5.78. The van der Waals surface area contributed by atoms with E-state index in [-0.39, 0.29) is 6.09 Å². The van der Waals surface area contributed by atoms with E-state index in [0.29, 0.717) is 32.2 Å². The molecule has 1 saturated heterocycles. The van der Waals surface area contributed by atoms with Crippen LogP contribution in [0, 0.1) is 5.92 Å². The minimum atomic E-state index is -0.519. The zero-order valence-corrected chi connectivity index (χ0v) is 15.9. The molecule has 0 aromatic heterocycles. The van der Waals surface area contributed by atoms with Crippen LogP contribution in [0.25, 0.3) is 0 Å². The highest BCUT2D eigenvalue weighted by Crippen LogP contribution is 2.15. The topological polar surface area (TPSA) is 80.4 Å². The van der Waals surface area contributed by atoms with Gasteiger partial charge >= 0.3 is 6.09 Å². The van der Waals surface area contributed by atoms with Crippen molar-refractivity contribution >= 4 is 12.1 Å². The molecule has 0 saturated carbocycles. The van der Waals surface area contributed by atoms with Gasteiger partial charge in [-0.25, -0.2) is 4.79 Å². The summed E-state index contributed by atoms with van der Waals surface area (Å²) in [6, 6.07) is 0. The predicted molar refractivity (Wildman–Crippen MR) is 96.1 cm³/mol. The van der Waals surface area contributed by atoms with Crippen LogP contribution in [0.3, 0.4) is 0 Å². The van der Waals surface area contributed by atoms with E-state index in [4.69, 9.17) is 15.2 Å². The fraction of sp³-hybridized carbons (Fsp3) is 0.882. The van der Waals surface area contributed by atoms with Gasteiger partial charge in [0, 0.05) is 33.3 Å². The van der Waals surface area contributed by atoms with E-state index in [1.807, 2.05) is 20.8 Å². The van der Waals surface area contributed by atoms with Gasteiger partial charge in [0.2, 0.25) is 0 Å². The number of ether oxygens (including phenoxy) is 2. The average molecular weight is 342 g/mol. The van der Waals surface area contributed by atoms with Crippen LogP contribution in [-0.4, -0.2) is 73.9 Å². The molecule has 7 heteroatoms. The van der Waals surface area contributed by atoms with Gasteiger partial charge in [-0.2, -0.15) is 0 Å². The number of carbonyl (C=O) groups excluding carboxylic acids is 1. The van der Waals surface area contributed by atoms with Crippen LogP contribution in [0.4, 0.5) is 4.79 Å². The third kappa shape index (κ3) is 7.86. The number of aliphatic imine (C=N–C) groups is 1. The minimum Gasteiger partial charge on any atom is -0.444 e. The maximum atomic E-state index is 12.2. The largest absolute Gasteiger partial charge is 0.444 e. The first kappa shape index (κ1) is 20.5.